The molecule has 0 spiro atoms. The lowest BCUT2D eigenvalue weighted by Crippen LogP contribution is -3.08. The van der Waals surface area contributed by atoms with Gasteiger partial charge in [-0.25, -0.2) is 0 Å². The fourth-order valence-corrected chi connectivity index (χ4v) is 3.80. The highest BCUT2D eigenvalue weighted by Crippen LogP contribution is 2.21. The Balaban J connectivity index is 1.81. The Kier molecular flexibility index (Phi) is 5.96. The fourth-order valence-electron chi connectivity index (χ4n) is 2.20. The van der Waals surface area contributed by atoms with Gasteiger partial charge in [0.2, 0.25) is 0 Å². The molecule has 2 aromatic rings. The molecule has 1 aromatic heterocycles. The lowest BCUT2D eigenvalue weighted by atomic mass is 10.1. The first kappa shape index (κ1) is 16.2. The standard InChI is InChI=1S/C16H19BrN2OS/c1-12(13-6-4-3-5-7-13)18-16(20)11-19(2)10-14-8-9-15(17)21-14/h3-9,12H,10-11H2,1-2H3,(H,18,20)/p+1/t12-/m0/s1. The molecule has 0 radical (unpaired) electrons. The molecule has 0 fully saturated rings. The van der Waals surface area contributed by atoms with Crippen LogP contribution in [0.2, 0.25) is 0 Å². The van der Waals surface area contributed by atoms with Gasteiger partial charge < -0.3 is 10.2 Å². The van der Waals surface area contributed by atoms with Gasteiger partial charge in [-0.1, -0.05) is 30.3 Å². The predicted octanol–water partition coefficient (Wildman–Crippen LogP) is 2.40. The maximum atomic E-state index is 12.1. The Hall–Kier alpha value is -1.17. The van der Waals surface area contributed by atoms with Gasteiger partial charge in [0.25, 0.3) is 5.91 Å². The summed E-state index contributed by atoms with van der Waals surface area (Å²) in [4.78, 5) is 14.6. The van der Waals surface area contributed by atoms with Gasteiger partial charge in [-0.05, 0) is 40.5 Å². The summed E-state index contributed by atoms with van der Waals surface area (Å²) in [5.74, 6) is 0.0828. The topological polar surface area (TPSA) is 33.5 Å². The summed E-state index contributed by atoms with van der Waals surface area (Å²) >= 11 is 5.18. The molecule has 1 unspecified atom stereocenters. The van der Waals surface area contributed by atoms with Crippen molar-refractivity contribution in [2.24, 2.45) is 0 Å². The van der Waals surface area contributed by atoms with Gasteiger partial charge in [0.1, 0.15) is 6.54 Å². The van der Waals surface area contributed by atoms with Gasteiger partial charge in [-0.3, -0.25) is 4.79 Å². The number of amides is 1. The average molecular weight is 368 g/mol. The fraction of sp³-hybridized carbons (Fsp3) is 0.312. The minimum absolute atomic E-state index is 0.0439. The van der Waals surface area contributed by atoms with Crippen LogP contribution >= 0.6 is 27.3 Å². The number of quaternary nitrogens is 1. The van der Waals surface area contributed by atoms with E-state index >= 15 is 0 Å². The van der Waals surface area contributed by atoms with E-state index in [2.05, 4.69) is 27.3 Å². The molecule has 3 nitrogen and oxygen atoms in total. The maximum Gasteiger partial charge on any atom is 0.275 e. The molecule has 5 heteroatoms. The summed E-state index contributed by atoms with van der Waals surface area (Å²) in [6, 6.07) is 14.2. The van der Waals surface area contributed by atoms with Crippen LogP contribution in [0.3, 0.4) is 0 Å². The Morgan fingerprint density at radius 1 is 1.29 bits per heavy atom. The number of halogens is 1. The number of hydrogen-bond donors (Lipinski definition) is 2. The van der Waals surface area contributed by atoms with Crippen molar-refractivity contribution in [3.05, 3.63) is 56.7 Å². The SMILES string of the molecule is C[C@H](NC(=O)C[NH+](C)Cc1ccc(Br)s1)c1ccccc1. The molecule has 2 rings (SSSR count). The van der Waals surface area contributed by atoms with Crippen molar-refractivity contribution in [1.82, 2.24) is 5.32 Å². The zero-order chi connectivity index (χ0) is 15.2. The quantitative estimate of drug-likeness (QED) is 0.807. The van der Waals surface area contributed by atoms with E-state index in [1.807, 2.05) is 50.4 Å². The average Bonchev–Trinajstić information content (AvgIpc) is 2.84. The van der Waals surface area contributed by atoms with Crippen LogP contribution in [0.15, 0.2) is 46.3 Å². The molecule has 0 aliphatic heterocycles. The van der Waals surface area contributed by atoms with Gasteiger partial charge in [0.15, 0.2) is 6.54 Å². The highest BCUT2D eigenvalue weighted by molar-refractivity contribution is 9.11. The van der Waals surface area contributed by atoms with Crippen LogP contribution in [0.4, 0.5) is 0 Å². The van der Waals surface area contributed by atoms with Gasteiger partial charge >= 0.3 is 0 Å². The van der Waals surface area contributed by atoms with E-state index in [1.54, 1.807) is 11.3 Å². The van der Waals surface area contributed by atoms with E-state index in [0.29, 0.717) is 6.54 Å². The van der Waals surface area contributed by atoms with Gasteiger partial charge in [0.05, 0.1) is 21.8 Å². The normalized spacial score (nSPS) is 13.7. The maximum absolute atomic E-state index is 12.1. The summed E-state index contributed by atoms with van der Waals surface area (Å²) in [5.41, 5.74) is 1.13. The van der Waals surface area contributed by atoms with Crippen molar-refractivity contribution in [2.45, 2.75) is 19.5 Å². The molecular weight excluding hydrogens is 348 g/mol. The number of nitrogens with one attached hydrogen (secondary N) is 2. The van der Waals surface area contributed by atoms with Gasteiger partial charge in [-0.2, -0.15) is 0 Å². The third kappa shape index (κ3) is 5.26. The van der Waals surface area contributed by atoms with Crippen LogP contribution in [-0.2, 0) is 11.3 Å². The van der Waals surface area contributed by atoms with Crippen LogP contribution in [0.25, 0.3) is 0 Å². The number of rotatable bonds is 6. The summed E-state index contributed by atoms with van der Waals surface area (Å²) < 4.78 is 1.13. The Morgan fingerprint density at radius 2 is 2.00 bits per heavy atom. The number of likely N-dealkylation sites (N-methyl/N-ethyl adjacent to an activating group) is 1. The number of carbonyl (C=O) groups is 1. The molecule has 2 N–H and O–H groups in total. The van der Waals surface area contributed by atoms with E-state index < -0.39 is 0 Å². The lowest BCUT2D eigenvalue weighted by Gasteiger charge is -2.17. The van der Waals surface area contributed by atoms with Crippen LogP contribution < -0.4 is 10.2 Å². The summed E-state index contributed by atoms with van der Waals surface area (Å²) in [6.07, 6.45) is 0. The molecule has 1 heterocycles. The second-order valence-corrected chi connectivity index (χ2v) is 7.76. The van der Waals surface area contributed by atoms with E-state index in [4.69, 9.17) is 0 Å². The molecule has 2 atom stereocenters. The summed E-state index contributed by atoms with van der Waals surface area (Å²) in [5, 5.41) is 3.05. The van der Waals surface area contributed by atoms with E-state index in [0.717, 1.165) is 15.9 Å². The molecule has 112 valence electrons. The number of carbonyl (C=O) groups excluding carboxylic acids is 1. The molecule has 0 bridgehead atoms. The molecule has 0 aliphatic rings. The Bertz CT molecular complexity index is 585. The van der Waals surface area contributed by atoms with Crippen molar-refractivity contribution < 1.29 is 9.69 Å². The van der Waals surface area contributed by atoms with E-state index in [9.17, 15) is 4.79 Å². The predicted molar refractivity (Wildman–Crippen MR) is 90.5 cm³/mol. The van der Waals surface area contributed by atoms with Crippen LogP contribution in [0, 0.1) is 0 Å². The third-order valence-corrected chi connectivity index (χ3v) is 4.87. The van der Waals surface area contributed by atoms with Crippen LogP contribution in [0.1, 0.15) is 23.4 Å². The molecule has 0 saturated carbocycles. The minimum Gasteiger partial charge on any atom is -0.345 e. The Morgan fingerprint density at radius 3 is 2.62 bits per heavy atom. The van der Waals surface area contributed by atoms with Gasteiger partial charge in [0, 0.05) is 0 Å². The smallest absolute Gasteiger partial charge is 0.275 e. The van der Waals surface area contributed by atoms with Crippen molar-refractivity contribution in [1.29, 1.82) is 0 Å². The van der Waals surface area contributed by atoms with Crippen molar-refractivity contribution in [2.75, 3.05) is 13.6 Å². The third-order valence-electron chi connectivity index (χ3n) is 3.24. The number of benzene rings is 1. The molecule has 1 amide bonds. The van der Waals surface area contributed by atoms with E-state index in [-0.39, 0.29) is 11.9 Å². The highest BCUT2D eigenvalue weighted by Gasteiger charge is 2.14. The van der Waals surface area contributed by atoms with E-state index in [1.165, 1.54) is 9.78 Å². The van der Waals surface area contributed by atoms with Gasteiger partial charge in [-0.15, -0.1) is 11.3 Å². The Labute approximate surface area is 138 Å². The van der Waals surface area contributed by atoms with Crippen molar-refractivity contribution in [3.63, 3.8) is 0 Å². The lowest BCUT2D eigenvalue weighted by molar-refractivity contribution is -0.885. The molecule has 1 aromatic carbocycles. The van der Waals surface area contributed by atoms with Crippen LogP contribution in [-0.4, -0.2) is 19.5 Å². The first-order chi connectivity index (χ1) is 10.0. The zero-order valence-corrected chi connectivity index (χ0v) is 14.6. The van der Waals surface area contributed by atoms with Crippen molar-refractivity contribution >= 4 is 33.2 Å². The first-order valence-electron chi connectivity index (χ1n) is 6.94. The van der Waals surface area contributed by atoms with Crippen LogP contribution in [0.5, 0.6) is 0 Å². The monoisotopic (exact) mass is 367 g/mol. The molecular formula is C16H20BrN2OS+. The second-order valence-electron chi connectivity index (χ2n) is 5.22. The number of hydrogen-bond acceptors (Lipinski definition) is 2. The molecule has 21 heavy (non-hydrogen) atoms. The highest BCUT2D eigenvalue weighted by atomic mass is 79.9. The first-order valence-corrected chi connectivity index (χ1v) is 8.55. The second kappa shape index (κ2) is 7.73. The number of thiophene rings is 1. The molecule has 0 aliphatic carbocycles. The largest absolute Gasteiger partial charge is 0.345 e. The zero-order valence-electron chi connectivity index (χ0n) is 12.2. The molecule has 0 saturated heterocycles. The summed E-state index contributed by atoms with van der Waals surface area (Å²) in [7, 11) is 2.04. The summed E-state index contributed by atoms with van der Waals surface area (Å²) in [6.45, 7) is 3.36. The minimum atomic E-state index is 0.0439. The van der Waals surface area contributed by atoms with Crippen molar-refractivity contribution in [3.8, 4) is 0 Å².